The third-order valence-corrected chi connectivity index (χ3v) is 5.84. The van der Waals surface area contributed by atoms with Gasteiger partial charge in [-0.05, 0) is 24.5 Å². The van der Waals surface area contributed by atoms with E-state index in [9.17, 15) is 4.79 Å². The molecule has 0 aliphatic carbocycles. The number of nitrogens with one attached hydrogen (secondary N) is 1. The molecule has 1 aromatic carbocycles. The van der Waals surface area contributed by atoms with Crippen LogP contribution in [0.15, 0.2) is 36.7 Å². The van der Waals surface area contributed by atoms with Crippen molar-refractivity contribution in [2.75, 3.05) is 53.9 Å². The minimum Gasteiger partial charge on any atom is -0.378 e. The normalized spacial score (nSPS) is 15.2. The van der Waals surface area contributed by atoms with Gasteiger partial charge in [-0.2, -0.15) is 10.0 Å². The minimum atomic E-state index is -0.572. The van der Waals surface area contributed by atoms with Gasteiger partial charge in [0.2, 0.25) is 11.9 Å². The molecule has 0 atom stereocenters. The zero-order valence-corrected chi connectivity index (χ0v) is 18.9. The van der Waals surface area contributed by atoms with Gasteiger partial charge in [0.1, 0.15) is 0 Å². The van der Waals surface area contributed by atoms with E-state index in [1.807, 2.05) is 31.2 Å². The summed E-state index contributed by atoms with van der Waals surface area (Å²) in [6.07, 6.45) is 4.12. The van der Waals surface area contributed by atoms with E-state index in [1.165, 1.54) is 5.06 Å². The number of hydrogen-bond donors (Lipinski definition) is 2. The molecule has 2 aliphatic heterocycles. The van der Waals surface area contributed by atoms with Crippen molar-refractivity contribution >= 4 is 29.5 Å². The first kappa shape index (κ1) is 21.8. The molecule has 11 heteroatoms. The summed E-state index contributed by atoms with van der Waals surface area (Å²) in [7, 11) is 0. The number of nitrogen functional groups attached to an aromatic ring is 1. The van der Waals surface area contributed by atoms with E-state index < -0.39 is 6.09 Å². The third-order valence-electron chi connectivity index (χ3n) is 5.84. The molecule has 34 heavy (non-hydrogen) atoms. The summed E-state index contributed by atoms with van der Waals surface area (Å²) in [5, 5.41) is 4.36. The Morgan fingerprint density at radius 1 is 1.15 bits per heavy atom. The number of ether oxygens (including phenoxy) is 1. The topological polar surface area (TPSA) is 132 Å². The number of aryl methyl sites for hydroxylation is 1. The molecule has 1 saturated heterocycles. The van der Waals surface area contributed by atoms with Gasteiger partial charge in [0, 0.05) is 42.3 Å². The standard InChI is InChI=1S/C23H26N8O3/c1-2-15-5-3-4-6-18(15)27-23(32)34-31-8-7-17-19(16-13-25-21(24)26-14-16)28-22(29-20(17)31)30-9-11-33-12-10-30/h3-6,13-14H,2,7-12H2,1H3,(H,27,32)(H2,24,25,26). The number of carbonyl (C=O) groups excluding carboxylic acids is 1. The van der Waals surface area contributed by atoms with Gasteiger partial charge in [0.05, 0.1) is 25.5 Å². The molecular weight excluding hydrogens is 436 g/mol. The van der Waals surface area contributed by atoms with Crippen molar-refractivity contribution in [3.8, 4) is 11.3 Å². The second-order valence-electron chi connectivity index (χ2n) is 7.97. The molecule has 0 spiro atoms. The molecule has 176 valence electrons. The van der Waals surface area contributed by atoms with Gasteiger partial charge < -0.3 is 20.2 Å². The number of hydroxylamine groups is 1. The van der Waals surface area contributed by atoms with E-state index in [0.29, 0.717) is 56.7 Å². The monoisotopic (exact) mass is 462 g/mol. The number of amides is 1. The number of anilines is 4. The van der Waals surface area contributed by atoms with E-state index in [0.717, 1.165) is 28.8 Å². The Kier molecular flexibility index (Phi) is 6.09. The van der Waals surface area contributed by atoms with Gasteiger partial charge in [-0.3, -0.25) is 5.32 Å². The smallest absolute Gasteiger partial charge is 0.378 e. The first-order valence-electron chi connectivity index (χ1n) is 11.3. The Balaban J connectivity index is 1.45. The van der Waals surface area contributed by atoms with Crippen LogP contribution in [-0.2, 0) is 22.4 Å². The van der Waals surface area contributed by atoms with Crippen LogP contribution in [0, 0.1) is 0 Å². The highest BCUT2D eigenvalue weighted by Crippen LogP contribution is 2.35. The van der Waals surface area contributed by atoms with E-state index in [1.54, 1.807) is 12.4 Å². The van der Waals surface area contributed by atoms with Crippen LogP contribution in [0.25, 0.3) is 11.3 Å². The Bertz CT molecular complexity index is 1180. The van der Waals surface area contributed by atoms with Crippen molar-refractivity contribution in [1.29, 1.82) is 0 Å². The number of para-hydroxylation sites is 1. The SMILES string of the molecule is CCc1ccccc1NC(=O)ON1CCc2c(-c3cnc(N)nc3)nc(N3CCOCC3)nc21. The summed E-state index contributed by atoms with van der Waals surface area (Å²) in [6, 6.07) is 7.65. The van der Waals surface area contributed by atoms with E-state index in [4.69, 9.17) is 25.3 Å². The molecule has 1 fully saturated rings. The number of morpholine rings is 1. The van der Waals surface area contributed by atoms with Crippen molar-refractivity contribution in [2.45, 2.75) is 19.8 Å². The molecule has 5 rings (SSSR count). The molecule has 0 radical (unpaired) electrons. The van der Waals surface area contributed by atoms with Crippen molar-refractivity contribution in [3.63, 3.8) is 0 Å². The quantitative estimate of drug-likeness (QED) is 0.583. The fourth-order valence-corrected chi connectivity index (χ4v) is 4.09. The lowest BCUT2D eigenvalue weighted by atomic mass is 10.1. The van der Waals surface area contributed by atoms with Gasteiger partial charge in [-0.25, -0.2) is 19.7 Å². The minimum absolute atomic E-state index is 0.192. The molecule has 3 aromatic rings. The maximum Gasteiger partial charge on any atom is 0.436 e. The zero-order valence-electron chi connectivity index (χ0n) is 18.9. The maximum atomic E-state index is 12.7. The van der Waals surface area contributed by atoms with Gasteiger partial charge in [0.15, 0.2) is 5.82 Å². The summed E-state index contributed by atoms with van der Waals surface area (Å²) in [6.45, 7) is 5.04. The number of rotatable bonds is 5. The van der Waals surface area contributed by atoms with Crippen LogP contribution < -0.4 is 21.0 Å². The molecule has 0 saturated carbocycles. The Hall–Kier alpha value is -3.99. The van der Waals surface area contributed by atoms with Gasteiger partial charge >= 0.3 is 6.09 Å². The first-order chi connectivity index (χ1) is 16.6. The van der Waals surface area contributed by atoms with Gasteiger partial charge in [0.25, 0.3) is 0 Å². The van der Waals surface area contributed by atoms with Crippen molar-refractivity contribution < 1.29 is 14.4 Å². The highest BCUT2D eigenvalue weighted by Gasteiger charge is 2.31. The molecule has 1 amide bonds. The summed E-state index contributed by atoms with van der Waals surface area (Å²) >= 11 is 0. The van der Waals surface area contributed by atoms with E-state index >= 15 is 0 Å². The fourth-order valence-electron chi connectivity index (χ4n) is 4.09. The molecule has 0 bridgehead atoms. The molecule has 4 heterocycles. The lowest BCUT2D eigenvalue weighted by Gasteiger charge is -2.28. The zero-order chi connectivity index (χ0) is 23.5. The second kappa shape index (κ2) is 9.48. The summed E-state index contributed by atoms with van der Waals surface area (Å²) < 4.78 is 5.47. The predicted molar refractivity (Wildman–Crippen MR) is 127 cm³/mol. The Morgan fingerprint density at radius 2 is 1.91 bits per heavy atom. The fraction of sp³-hybridized carbons (Fsp3) is 0.348. The molecule has 2 aliphatic rings. The Morgan fingerprint density at radius 3 is 2.68 bits per heavy atom. The summed E-state index contributed by atoms with van der Waals surface area (Å²) in [5.74, 6) is 1.29. The molecule has 3 N–H and O–H groups in total. The lowest BCUT2D eigenvalue weighted by molar-refractivity contribution is 0.122. The molecular formula is C23H26N8O3. The van der Waals surface area contributed by atoms with Crippen LogP contribution in [0.3, 0.4) is 0 Å². The molecule has 0 unspecified atom stereocenters. The van der Waals surface area contributed by atoms with E-state index in [-0.39, 0.29) is 5.95 Å². The summed E-state index contributed by atoms with van der Waals surface area (Å²) in [5.41, 5.74) is 9.73. The van der Waals surface area contributed by atoms with Crippen LogP contribution in [0.2, 0.25) is 0 Å². The van der Waals surface area contributed by atoms with Crippen molar-refractivity contribution in [1.82, 2.24) is 19.9 Å². The van der Waals surface area contributed by atoms with Gasteiger partial charge in [-0.15, -0.1) is 0 Å². The highest BCUT2D eigenvalue weighted by molar-refractivity contribution is 5.86. The third kappa shape index (κ3) is 4.42. The second-order valence-corrected chi connectivity index (χ2v) is 7.97. The van der Waals surface area contributed by atoms with Crippen LogP contribution in [0.4, 0.5) is 28.2 Å². The van der Waals surface area contributed by atoms with Crippen LogP contribution in [0.5, 0.6) is 0 Å². The average molecular weight is 463 g/mol. The number of nitrogens with two attached hydrogens (primary N) is 1. The Labute approximate surface area is 196 Å². The largest absolute Gasteiger partial charge is 0.436 e. The maximum absolute atomic E-state index is 12.7. The predicted octanol–water partition coefficient (Wildman–Crippen LogP) is 2.44. The van der Waals surface area contributed by atoms with Gasteiger partial charge in [-0.1, -0.05) is 25.1 Å². The van der Waals surface area contributed by atoms with Crippen LogP contribution in [-0.4, -0.2) is 58.9 Å². The number of carbonyl (C=O) groups is 1. The number of hydrogen-bond acceptors (Lipinski definition) is 10. The highest BCUT2D eigenvalue weighted by atomic mass is 16.7. The number of aromatic nitrogens is 4. The van der Waals surface area contributed by atoms with Crippen molar-refractivity contribution in [3.05, 3.63) is 47.8 Å². The molecule has 11 nitrogen and oxygen atoms in total. The average Bonchev–Trinajstić information content (AvgIpc) is 3.27. The summed E-state index contributed by atoms with van der Waals surface area (Å²) in [4.78, 5) is 38.3. The van der Waals surface area contributed by atoms with E-state index in [2.05, 4.69) is 20.2 Å². The van der Waals surface area contributed by atoms with Crippen molar-refractivity contribution in [2.24, 2.45) is 0 Å². The number of nitrogens with zero attached hydrogens (tertiary/aromatic N) is 6. The van der Waals surface area contributed by atoms with Crippen LogP contribution in [0.1, 0.15) is 18.1 Å². The number of benzene rings is 1. The van der Waals surface area contributed by atoms with Crippen LogP contribution >= 0.6 is 0 Å². The number of fused-ring (bicyclic) bond motifs is 1. The first-order valence-corrected chi connectivity index (χ1v) is 11.3. The lowest BCUT2D eigenvalue weighted by Crippen LogP contribution is -2.37. The molecule has 2 aromatic heterocycles.